The van der Waals surface area contributed by atoms with Crippen LogP contribution in [0.15, 0.2) is 48.8 Å². The van der Waals surface area contributed by atoms with Crippen molar-refractivity contribution in [3.05, 3.63) is 59.4 Å². The normalized spacial score (nSPS) is 17.5. The Morgan fingerprint density at radius 1 is 1.05 bits per heavy atom. The molecule has 2 heterocycles. The third-order valence-corrected chi connectivity index (χ3v) is 4.44. The molecule has 0 saturated carbocycles. The molecule has 0 aliphatic carbocycles. The third kappa shape index (κ3) is 3.58. The number of pyridine rings is 1. The van der Waals surface area contributed by atoms with Crippen molar-refractivity contribution in [1.82, 2.24) is 9.88 Å². The Balaban J connectivity index is 1.55. The molecule has 1 aliphatic heterocycles. The summed E-state index contributed by atoms with van der Waals surface area (Å²) in [5.41, 5.74) is 2.02. The van der Waals surface area contributed by atoms with Gasteiger partial charge >= 0.3 is 0 Å². The summed E-state index contributed by atoms with van der Waals surface area (Å²) < 4.78 is 0. The van der Waals surface area contributed by atoms with Crippen LogP contribution in [0, 0.1) is 0 Å². The first-order valence-corrected chi connectivity index (χ1v) is 7.91. The summed E-state index contributed by atoms with van der Waals surface area (Å²) in [6.45, 7) is 4.40. The van der Waals surface area contributed by atoms with Crippen LogP contribution in [0.3, 0.4) is 0 Å². The third-order valence-electron chi connectivity index (χ3n) is 4.10. The van der Waals surface area contributed by atoms with E-state index in [4.69, 9.17) is 11.6 Å². The van der Waals surface area contributed by atoms with E-state index in [9.17, 15) is 5.11 Å². The SMILES string of the molecule is O[C@@H](CN1CCN(c2ccncc2)CC1)c1ccccc1Cl. The zero-order valence-electron chi connectivity index (χ0n) is 12.4. The lowest BCUT2D eigenvalue weighted by atomic mass is 10.1. The smallest absolute Gasteiger partial charge is 0.0931 e. The van der Waals surface area contributed by atoms with Gasteiger partial charge in [-0.05, 0) is 18.2 Å². The first kappa shape index (κ1) is 15.3. The molecule has 5 heteroatoms. The van der Waals surface area contributed by atoms with Gasteiger partial charge in [0.2, 0.25) is 0 Å². The number of hydrogen-bond acceptors (Lipinski definition) is 4. The van der Waals surface area contributed by atoms with Crippen LogP contribution in [0.5, 0.6) is 0 Å². The van der Waals surface area contributed by atoms with E-state index in [0.29, 0.717) is 11.6 Å². The van der Waals surface area contributed by atoms with Gasteiger partial charge in [0, 0.05) is 61.4 Å². The largest absolute Gasteiger partial charge is 0.387 e. The number of aromatic nitrogens is 1. The number of aliphatic hydroxyl groups is 1. The zero-order chi connectivity index (χ0) is 15.4. The molecule has 1 aliphatic rings. The topological polar surface area (TPSA) is 39.6 Å². The lowest BCUT2D eigenvalue weighted by molar-refractivity contribution is 0.109. The molecular weight excluding hydrogens is 298 g/mol. The van der Waals surface area contributed by atoms with Crippen molar-refractivity contribution in [2.45, 2.75) is 6.10 Å². The molecule has 1 saturated heterocycles. The van der Waals surface area contributed by atoms with Crippen LogP contribution >= 0.6 is 11.6 Å². The van der Waals surface area contributed by atoms with E-state index < -0.39 is 6.10 Å². The van der Waals surface area contributed by atoms with Crippen LogP contribution < -0.4 is 4.90 Å². The Morgan fingerprint density at radius 2 is 1.73 bits per heavy atom. The Labute approximate surface area is 136 Å². The average Bonchev–Trinajstić information content (AvgIpc) is 2.57. The minimum absolute atomic E-state index is 0.541. The first-order valence-electron chi connectivity index (χ1n) is 7.54. The van der Waals surface area contributed by atoms with Gasteiger partial charge in [0.1, 0.15) is 0 Å². The highest BCUT2D eigenvalue weighted by Crippen LogP contribution is 2.24. The van der Waals surface area contributed by atoms with E-state index in [1.54, 1.807) is 0 Å². The summed E-state index contributed by atoms with van der Waals surface area (Å²) in [6.07, 6.45) is 3.10. The summed E-state index contributed by atoms with van der Waals surface area (Å²) in [7, 11) is 0. The highest BCUT2D eigenvalue weighted by atomic mass is 35.5. The van der Waals surface area contributed by atoms with E-state index in [1.165, 1.54) is 5.69 Å². The van der Waals surface area contributed by atoms with Crippen LogP contribution in [-0.2, 0) is 0 Å². The number of hydrogen-bond donors (Lipinski definition) is 1. The average molecular weight is 318 g/mol. The van der Waals surface area contributed by atoms with Gasteiger partial charge in [0.05, 0.1) is 6.10 Å². The highest BCUT2D eigenvalue weighted by Gasteiger charge is 2.21. The fourth-order valence-corrected chi connectivity index (χ4v) is 3.09. The van der Waals surface area contributed by atoms with E-state index in [1.807, 2.05) is 48.8 Å². The molecule has 3 rings (SSSR count). The number of anilines is 1. The molecule has 1 aromatic heterocycles. The lowest BCUT2D eigenvalue weighted by Gasteiger charge is -2.36. The summed E-state index contributed by atoms with van der Waals surface area (Å²) in [5, 5.41) is 11.0. The second kappa shape index (κ2) is 7.09. The van der Waals surface area contributed by atoms with Crippen molar-refractivity contribution in [2.75, 3.05) is 37.6 Å². The fraction of sp³-hybridized carbons (Fsp3) is 0.353. The number of rotatable bonds is 4. The Morgan fingerprint density at radius 3 is 2.41 bits per heavy atom. The number of aliphatic hydroxyl groups excluding tert-OH is 1. The molecule has 0 unspecified atom stereocenters. The second-order valence-electron chi connectivity index (χ2n) is 5.53. The van der Waals surface area contributed by atoms with E-state index in [0.717, 1.165) is 31.7 Å². The Kier molecular flexibility index (Phi) is 4.93. The molecule has 0 radical (unpaired) electrons. The molecular formula is C17H20ClN3O. The van der Waals surface area contributed by atoms with Crippen molar-refractivity contribution in [2.24, 2.45) is 0 Å². The maximum Gasteiger partial charge on any atom is 0.0931 e. The van der Waals surface area contributed by atoms with Crippen molar-refractivity contribution in [1.29, 1.82) is 0 Å². The predicted octanol–water partition coefficient (Wildman–Crippen LogP) is 2.59. The van der Waals surface area contributed by atoms with Gasteiger partial charge in [-0.1, -0.05) is 29.8 Å². The molecule has 1 fully saturated rings. The summed E-state index contributed by atoms with van der Waals surface area (Å²) >= 11 is 6.15. The second-order valence-corrected chi connectivity index (χ2v) is 5.94. The number of nitrogens with zero attached hydrogens (tertiary/aromatic N) is 3. The van der Waals surface area contributed by atoms with Crippen LogP contribution in [-0.4, -0.2) is 47.7 Å². The standard InChI is InChI=1S/C17H20ClN3O/c18-16-4-2-1-3-15(16)17(22)13-20-9-11-21(12-10-20)14-5-7-19-8-6-14/h1-8,17,22H,9-13H2/t17-/m0/s1. The molecule has 0 bridgehead atoms. The molecule has 22 heavy (non-hydrogen) atoms. The molecule has 1 aromatic carbocycles. The maximum atomic E-state index is 10.4. The van der Waals surface area contributed by atoms with Gasteiger partial charge in [0.15, 0.2) is 0 Å². The first-order chi connectivity index (χ1) is 10.7. The molecule has 4 nitrogen and oxygen atoms in total. The van der Waals surface area contributed by atoms with Gasteiger partial charge < -0.3 is 10.0 Å². The van der Waals surface area contributed by atoms with Crippen molar-refractivity contribution in [3.63, 3.8) is 0 Å². The Bertz CT molecular complexity index is 600. The quantitative estimate of drug-likeness (QED) is 0.941. The van der Waals surface area contributed by atoms with Crippen molar-refractivity contribution in [3.8, 4) is 0 Å². The minimum atomic E-state index is -0.541. The molecule has 2 aromatic rings. The monoisotopic (exact) mass is 317 g/mol. The fourth-order valence-electron chi connectivity index (χ4n) is 2.83. The van der Waals surface area contributed by atoms with Gasteiger partial charge in [-0.3, -0.25) is 9.88 Å². The van der Waals surface area contributed by atoms with E-state index >= 15 is 0 Å². The number of halogens is 1. The van der Waals surface area contributed by atoms with E-state index in [-0.39, 0.29) is 0 Å². The summed E-state index contributed by atoms with van der Waals surface area (Å²) in [5.74, 6) is 0. The highest BCUT2D eigenvalue weighted by molar-refractivity contribution is 6.31. The van der Waals surface area contributed by atoms with Gasteiger partial charge in [0.25, 0.3) is 0 Å². The molecule has 0 spiro atoms. The van der Waals surface area contributed by atoms with Crippen LogP contribution in [0.2, 0.25) is 5.02 Å². The Hall–Kier alpha value is -1.62. The van der Waals surface area contributed by atoms with Gasteiger partial charge in [-0.2, -0.15) is 0 Å². The molecule has 116 valence electrons. The molecule has 1 N–H and O–H groups in total. The minimum Gasteiger partial charge on any atom is -0.387 e. The number of benzene rings is 1. The van der Waals surface area contributed by atoms with Gasteiger partial charge in [-0.25, -0.2) is 0 Å². The van der Waals surface area contributed by atoms with Crippen LogP contribution in [0.25, 0.3) is 0 Å². The zero-order valence-corrected chi connectivity index (χ0v) is 13.2. The molecule has 1 atom stereocenters. The molecule has 0 amide bonds. The van der Waals surface area contributed by atoms with Crippen LogP contribution in [0.1, 0.15) is 11.7 Å². The van der Waals surface area contributed by atoms with Gasteiger partial charge in [-0.15, -0.1) is 0 Å². The summed E-state index contributed by atoms with van der Waals surface area (Å²) in [4.78, 5) is 8.68. The maximum absolute atomic E-state index is 10.4. The van der Waals surface area contributed by atoms with Crippen LogP contribution in [0.4, 0.5) is 5.69 Å². The van der Waals surface area contributed by atoms with Crippen molar-refractivity contribution < 1.29 is 5.11 Å². The summed E-state index contributed by atoms with van der Waals surface area (Å²) in [6, 6.07) is 11.6. The number of β-amino-alcohol motifs (C(OH)–C–C–N with tert-alkyl or cyclic N) is 1. The van der Waals surface area contributed by atoms with Crippen molar-refractivity contribution >= 4 is 17.3 Å². The lowest BCUT2D eigenvalue weighted by Crippen LogP contribution is -2.47. The van der Waals surface area contributed by atoms with E-state index in [2.05, 4.69) is 14.8 Å². The number of piperazine rings is 1. The predicted molar refractivity (Wildman–Crippen MR) is 89.3 cm³/mol.